The minimum absolute atomic E-state index is 0.0257. The van der Waals surface area contributed by atoms with Gasteiger partial charge in [0.2, 0.25) is 6.10 Å². The summed E-state index contributed by atoms with van der Waals surface area (Å²) in [4.78, 5) is 194. The van der Waals surface area contributed by atoms with Crippen LogP contribution >= 0.6 is 0 Å². The molecule has 668 valence electrons. The number of hydrogen-bond acceptors (Lipinski definition) is 34. The number of methoxy groups -OCH3 is 2. The number of benzene rings is 2. The Kier molecular flexibility index (Phi) is 24.3. The van der Waals surface area contributed by atoms with Gasteiger partial charge in [0, 0.05) is 50.4 Å². The van der Waals surface area contributed by atoms with Crippen molar-refractivity contribution < 1.29 is 164 Å². The fourth-order valence-electron chi connectivity index (χ4n) is 20.1. The number of ether oxygens (including phenoxy) is 15. The lowest BCUT2D eigenvalue weighted by Gasteiger charge is -2.67. The van der Waals surface area contributed by atoms with E-state index >= 15 is 9.59 Å². The van der Waals surface area contributed by atoms with Crippen molar-refractivity contribution in [1.82, 2.24) is 10.2 Å². The van der Waals surface area contributed by atoms with Crippen molar-refractivity contribution in [3.63, 3.8) is 0 Å². The molecule has 36 nitrogen and oxygen atoms in total. The number of rotatable bonds is 15. The number of fused-ring (bicyclic) bond motifs is 10. The number of imide groups is 1. The van der Waals surface area contributed by atoms with Gasteiger partial charge in [0.15, 0.2) is 46.7 Å². The van der Waals surface area contributed by atoms with Crippen LogP contribution < -0.4 is 5.32 Å². The van der Waals surface area contributed by atoms with Crippen LogP contribution in [0.4, 0.5) is 19.2 Å². The molecule has 5 unspecified atom stereocenters. The number of aliphatic hydroxyl groups is 5. The number of ketones is 2. The zero-order valence-electron chi connectivity index (χ0n) is 72.3. The molecule has 122 heavy (non-hydrogen) atoms. The number of nitrogens with one attached hydrogen (secondary N) is 1. The fraction of sp³-hybridized carbons (Fsp3) is 0.651. The van der Waals surface area contributed by atoms with Gasteiger partial charge in [-0.05, 0) is 128 Å². The van der Waals surface area contributed by atoms with Crippen LogP contribution in [0.5, 0.6) is 0 Å². The highest BCUT2D eigenvalue weighted by Crippen LogP contribution is 2.67. The summed E-state index contributed by atoms with van der Waals surface area (Å²) < 4.78 is 86.0. The fourth-order valence-corrected chi connectivity index (χ4v) is 20.1. The van der Waals surface area contributed by atoms with Crippen molar-refractivity contribution in [2.75, 3.05) is 27.4 Å². The van der Waals surface area contributed by atoms with Gasteiger partial charge in [0.25, 0.3) is 5.91 Å². The summed E-state index contributed by atoms with van der Waals surface area (Å²) in [5, 5.41) is 65.7. The van der Waals surface area contributed by atoms with Gasteiger partial charge < -0.3 is 102 Å². The quantitative estimate of drug-likeness (QED) is 0.0654. The molecule has 6 N–H and O–H groups in total. The molecule has 4 heterocycles. The van der Waals surface area contributed by atoms with Crippen molar-refractivity contribution >= 4 is 83.8 Å². The first-order valence-electron chi connectivity index (χ1n) is 40.1. The molecule has 36 heteroatoms. The molecule has 8 fully saturated rings. The van der Waals surface area contributed by atoms with Crippen LogP contribution in [0, 0.1) is 44.3 Å². The van der Waals surface area contributed by atoms with Crippen molar-refractivity contribution in [2.24, 2.45) is 44.3 Å². The number of Topliss-reactive ketones (excluding diaryl/α,β-unsaturated/α-hetero) is 2. The second-order valence-electron chi connectivity index (χ2n) is 37.8. The topological polar surface area (TPSA) is 494 Å². The summed E-state index contributed by atoms with van der Waals surface area (Å²) >= 11 is 0. The molecule has 4 bridgehead atoms. The number of nitrogens with zero attached hydrogens (tertiary/aromatic N) is 1. The van der Waals surface area contributed by atoms with E-state index in [9.17, 15) is 83.1 Å². The third kappa shape index (κ3) is 15.1. The van der Waals surface area contributed by atoms with Crippen LogP contribution in [0.15, 0.2) is 83.0 Å². The lowest BCUT2D eigenvalue weighted by molar-refractivity contribution is -0.344. The Bertz CT molecular complexity index is 4670. The molecule has 0 spiro atoms. The van der Waals surface area contributed by atoms with Crippen molar-refractivity contribution in [1.29, 1.82) is 0 Å². The van der Waals surface area contributed by atoms with Gasteiger partial charge in [-0.25, -0.2) is 43.3 Å². The molecule has 12 rings (SSSR count). The molecule has 10 aliphatic rings. The molecule has 0 radical (unpaired) electrons. The number of amides is 3. The van der Waals surface area contributed by atoms with E-state index in [0.717, 1.165) is 28.1 Å². The number of hydrogen-bond donors (Lipinski definition) is 6. The van der Waals surface area contributed by atoms with Crippen LogP contribution in [0.3, 0.4) is 0 Å². The first-order valence-corrected chi connectivity index (χ1v) is 40.1. The summed E-state index contributed by atoms with van der Waals surface area (Å²) in [6, 6.07) is 12.6. The highest BCUT2D eigenvalue weighted by Gasteiger charge is 2.81. The second-order valence-corrected chi connectivity index (χ2v) is 37.8. The van der Waals surface area contributed by atoms with Crippen LogP contribution in [0.1, 0.15) is 185 Å². The summed E-state index contributed by atoms with van der Waals surface area (Å²) in [6.45, 7) is 28.4. The first kappa shape index (κ1) is 92.7. The Balaban J connectivity index is 0.000000238. The van der Waals surface area contributed by atoms with Crippen LogP contribution in [0.2, 0.25) is 0 Å². The van der Waals surface area contributed by atoms with Gasteiger partial charge in [-0.3, -0.25) is 28.8 Å². The maximum atomic E-state index is 15.5. The Morgan fingerprint density at radius 3 is 1.32 bits per heavy atom. The average molecular weight is 1720 g/mol. The summed E-state index contributed by atoms with van der Waals surface area (Å²) in [6.07, 6.45) is -26.2. The molecule has 3 amide bonds. The number of carbonyl (C=O) groups excluding carboxylic acids is 14. The van der Waals surface area contributed by atoms with Gasteiger partial charge in [-0.1, -0.05) is 84.9 Å². The van der Waals surface area contributed by atoms with E-state index in [0.29, 0.717) is 4.90 Å². The molecule has 2 aromatic rings. The standard InChI is InChI=1S/2C43H55NO17/c1-20-23(58-34(50)27(47)30(38(3,4)5)44-35(51)40(8,9)60-36(44)52)18-43(54)32(59-33(49)22-15-13-12-14-16-22)29-41(10,31(48)28(57-21(2)45)26(20)39(43,6)7)24(46)17-25-42(29,19-56-25)61-37(53)55-11;1-20-23(57-34(49)28-30(39(6,7)35(50)58-28)44-36(51)60-38(3,4)5)18-43(53)32(59-33(48)22-15-13-12-14-16-22)29-41(10,31(47)27(56-21(2)45)26(20)40(43,8)9)24(46)17-25-42(29,19-55-25)61-37(52)54-11/h12-16,23-25,27-30,32,46-47,54H,17-19H2,1-11H3;12-16,23-25,27-30,32,46,53H,17-19H2,1-11H3,(H,44,51)/t23-,24?,25-,27-,28-,29?,30-,32+,41-,42+,43-;23-,24?,25-,27-,28?,29?,30-,32+,41-,42+,43-/m11/s1. The Labute approximate surface area is 703 Å². The minimum atomic E-state index is -2.47. The van der Waals surface area contributed by atoms with E-state index in [4.69, 9.17) is 71.1 Å². The maximum absolute atomic E-state index is 15.5. The monoisotopic (exact) mass is 1710 g/mol. The van der Waals surface area contributed by atoms with E-state index in [-0.39, 0.29) is 46.3 Å². The third-order valence-electron chi connectivity index (χ3n) is 26.8. The number of cyclic esters (lactones) is 2. The molecule has 4 aliphatic heterocycles. The molecule has 2 aromatic carbocycles. The zero-order valence-corrected chi connectivity index (χ0v) is 72.3. The molecule has 0 aromatic heterocycles. The maximum Gasteiger partial charge on any atom is 0.508 e. The van der Waals surface area contributed by atoms with Crippen LogP contribution in [-0.2, 0) is 109 Å². The van der Waals surface area contributed by atoms with E-state index in [1.807, 2.05) is 0 Å². The van der Waals surface area contributed by atoms with Crippen LogP contribution in [-0.4, -0.2) is 261 Å². The third-order valence-corrected chi connectivity index (χ3v) is 26.8. The molecular formula is C86H110N2O34. The van der Waals surface area contributed by atoms with E-state index < -0.39 is 273 Å². The predicted molar refractivity (Wildman–Crippen MR) is 414 cm³/mol. The Hall–Kier alpha value is -9.98. The van der Waals surface area contributed by atoms with E-state index in [1.54, 1.807) is 77.9 Å². The lowest BCUT2D eigenvalue weighted by Crippen LogP contribution is -2.82. The zero-order chi connectivity index (χ0) is 91.0. The van der Waals surface area contributed by atoms with Crippen LogP contribution in [0.25, 0.3) is 0 Å². The second kappa shape index (κ2) is 32.0. The smallest absolute Gasteiger partial charge is 0.456 e. The summed E-state index contributed by atoms with van der Waals surface area (Å²) in [7, 11) is 2.11. The van der Waals surface area contributed by atoms with E-state index in [1.165, 1.54) is 107 Å². The number of carbonyl (C=O) groups is 14. The van der Waals surface area contributed by atoms with Crippen molar-refractivity contribution in [3.8, 4) is 0 Å². The highest BCUT2D eigenvalue weighted by atomic mass is 16.8. The first-order chi connectivity index (χ1) is 56.3. The summed E-state index contributed by atoms with van der Waals surface area (Å²) in [5.41, 5.74) is -21.4. The van der Waals surface area contributed by atoms with E-state index in [2.05, 4.69) is 5.32 Å². The molecule has 4 saturated heterocycles. The summed E-state index contributed by atoms with van der Waals surface area (Å²) in [5.74, 6) is -13.1. The predicted octanol–water partition coefficient (Wildman–Crippen LogP) is 6.22. The normalized spacial score (nSPS) is 35.4. The average Bonchev–Trinajstić information content (AvgIpc) is 0.736. The Morgan fingerprint density at radius 2 is 0.975 bits per heavy atom. The van der Waals surface area contributed by atoms with Gasteiger partial charge in [-0.15, -0.1) is 0 Å². The van der Waals surface area contributed by atoms with Gasteiger partial charge in [-0.2, -0.15) is 0 Å². The lowest BCUT2D eigenvalue weighted by atomic mass is 9.44. The van der Waals surface area contributed by atoms with Gasteiger partial charge >= 0.3 is 66.3 Å². The van der Waals surface area contributed by atoms with Gasteiger partial charge in [0.05, 0.1) is 90.9 Å². The molecule has 4 saturated carbocycles. The molecule has 22 atom stereocenters. The highest BCUT2D eigenvalue weighted by molar-refractivity contribution is 6.03. The number of alkyl carbamates (subject to hydrolysis) is 1. The minimum Gasteiger partial charge on any atom is -0.456 e. The molecule has 6 aliphatic carbocycles. The SMILES string of the molecule is COC(=O)O[C@@]12CO[C@@H]1CC(O)[C@@]1(C)C(=O)[C@H](OC(C)=O)C3=C(C)[C@H](OC(=O)C4OC(=O)C(C)(C)[C@@H]4NC(=O)OC(C)(C)C)C[C@@](O)([C@@H](OC(=O)c4ccccc4)C12)C3(C)C.COC(=O)O[C@@]12CO[C@@H]1CC(O)[C@@]1(C)C(=O)[C@H](OC(C)=O)C3=C(C)[C@H](OC(=O)[C@H](O)[C@@H](N4C(=O)OC(C)(C)C4=O)C(C)(C)C)C[C@@](O)([C@@H](OC(=O)c4ccccc4)C12)C3(C)C. The van der Waals surface area contributed by atoms with Crippen molar-refractivity contribution in [2.45, 2.75) is 283 Å². The van der Waals surface area contributed by atoms with Gasteiger partial charge in [0.1, 0.15) is 53.4 Å². The molecular weight excluding hydrogens is 1600 g/mol. The Morgan fingerprint density at radius 1 is 0.574 bits per heavy atom. The number of aliphatic hydroxyl groups excluding tert-OH is 3. The largest absolute Gasteiger partial charge is 0.508 e. The van der Waals surface area contributed by atoms with Crippen molar-refractivity contribution in [3.05, 3.63) is 94.1 Å². The number of esters is 7.